The van der Waals surface area contributed by atoms with Gasteiger partial charge in [0.1, 0.15) is 103 Å². The van der Waals surface area contributed by atoms with Gasteiger partial charge >= 0.3 is 0 Å². The summed E-state index contributed by atoms with van der Waals surface area (Å²) < 4.78 is 139. The van der Waals surface area contributed by atoms with E-state index in [2.05, 4.69) is 50.2 Å². The lowest BCUT2D eigenvalue weighted by Gasteiger charge is -2.34. The predicted molar refractivity (Wildman–Crippen MR) is 549 cm³/mol. The Kier molecular flexibility index (Phi) is 44.5. The highest BCUT2D eigenvalue weighted by molar-refractivity contribution is 5.88. The number of rotatable bonds is 42. The third-order valence-electron chi connectivity index (χ3n) is 26.0. The van der Waals surface area contributed by atoms with Gasteiger partial charge in [0.2, 0.25) is 12.1 Å². The van der Waals surface area contributed by atoms with Gasteiger partial charge in [0, 0.05) is 21.3 Å². The molecule has 4 N–H and O–H groups in total. The molecule has 29 heteroatoms. The summed E-state index contributed by atoms with van der Waals surface area (Å²) in [6.07, 6.45) is -10.4. The highest BCUT2D eigenvalue weighted by Crippen LogP contribution is 2.43. The lowest BCUT2D eigenvalue weighted by atomic mass is 9.92. The van der Waals surface area contributed by atoms with Crippen LogP contribution in [0.5, 0.6) is 0 Å². The number of carbonyl (C=O) groups is 1. The van der Waals surface area contributed by atoms with Crippen molar-refractivity contribution in [2.24, 2.45) is 0 Å². The largest absolute Gasteiger partial charge is 0.394 e. The molecule has 0 aromatic heterocycles. The molecule has 8 fully saturated rings. The van der Waals surface area contributed by atoms with Gasteiger partial charge in [-0.15, -0.1) is 0 Å². The van der Waals surface area contributed by atoms with Crippen molar-refractivity contribution < 1.29 is 139 Å². The highest BCUT2D eigenvalue weighted by Gasteiger charge is 2.59. The zero-order valence-electron chi connectivity index (χ0n) is 85.9. The van der Waals surface area contributed by atoms with E-state index < -0.39 is 109 Å². The Bertz CT molecular complexity index is 5500. The molecule has 29 nitrogen and oxygen atoms in total. The number of aliphatic hydroxyl groups excluding tert-OH is 3. The smallest absolute Gasteiger partial charge is 0.220 e. The van der Waals surface area contributed by atoms with Crippen LogP contribution in [0.25, 0.3) is 0 Å². The minimum atomic E-state index is -1.26. The number of hydrogen-bond acceptors (Lipinski definition) is 29. The monoisotopic (exact) mass is 2040 g/mol. The number of carbonyl (C=O) groups excluding carboxylic acids is 1. The Hall–Kier alpha value is -10.0. The van der Waals surface area contributed by atoms with Gasteiger partial charge in [0.25, 0.3) is 0 Å². The quantitative estimate of drug-likeness (QED) is 0.0276. The predicted octanol–water partition coefficient (Wildman–Crippen LogP) is 16.6. The van der Waals surface area contributed by atoms with E-state index in [1.54, 1.807) is 20.8 Å². The molecule has 19 rings (SSSR count). The van der Waals surface area contributed by atoms with Crippen molar-refractivity contribution in [3.05, 3.63) is 395 Å². The first-order chi connectivity index (χ1) is 71.9. The standard InChI is InChI=1S/C28H32O4.C22H26O5.C21H26O5.C20H24O5.C20H22O5.C8H14O5/c1-22-28(2,31-20-25-16-10-5-11-17-25)27(30-19-24-14-8-4-9-15-24)26(32-22)21-29-18-23-12-6-3-7-13-23;1-22(2)26-20-19(24-14-17-11-7-4-8-12-17)18(25-21(20)27-22)15-23-13-16-9-5-3-6-10-16;1-21(22)19(25-14-17-11-7-4-8-12-17)18(26-20(21)23-2)15-24-13-16-9-5-3-6-10-16;2*1-22-20-18(21)19(24-13-16-10-6-3-7-11-16)17(25-20)14-23-12-15-8-4-2-5-9-15;1-8(2)12-6-5(10)4(3-9)11-7(6)13-8/h3-17,22,26-27H,18-21H2,1-2H3;3-12,18-21H,13-15H2,1-2H3;3-12,18-20,22H,13-15H2,1-2H3;2-11,17-21H,12-14H2,1H3;2-11,17,19-20H,12-14H2,1H3;4-7,9-10H,3H2,1-2H3/t22-,26-,27-,28+;18-,19-,20?,21?;18-,19-,20?,21-;17-,18?,19-,20?;17-,19-,20?;4-,5-,6?,7?/m111111/s1. The summed E-state index contributed by atoms with van der Waals surface area (Å²) in [4.78, 5) is 12.4. The van der Waals surface area contributed by atoms with Crippen molar-refractivity contribution in [2.45, 2.75) is 273 Å². The fourth-order valence-electron chi connectivity index (χ4n) is 18.1. The summed E-state index contributed by atoms with van der Waals surface area (Å²) in [7, 11) is 4.47. The SMILES string of the molecule is CC1(C)OC2O[C@H](CO)[C@@H](O)C2O1.CC1(C)OC2O[C@H](COCc3ccccc3)[C@@H](OCc3ccccc3)C2O1.COC1O[C@H](COCc2ccccc2)[C@@H](OCc2ccccc2)C1=O.COC1O[C@H](COCc2ccccc2)[C@@H](OCc2ccccc2)C1O.COC1O[C@H](COCc2ccccc2)[C@@H](OCc2ccccc2)[C@@]1(C)O.C[C@H]1O[C@H](COCc2ccccc2)[C@@H](OCc2ccccc2)[C@@]1(C)OCc1ccccc1. The molecule has 148 heavy (non-hydrogen) atoms. The Morgan fingerprint density at radius 2 is 0.608 bits per heavy atom. The van der Waals surface area contributed by atoms with Gasteiger partial charge in [-0.3, -0.25) is 4.79 Å². The molecule has 0 aliphatic carbocycles. The summed E-state index contributed by atoms with van der Waals surface area (Å²) in [5.41, 5.74) is 10.1. The molecule has 8 unspecified atom stereocenters. The Balaban J connectivity index is 0.000000142. The highest BCUT2D eigenvalue weighted by atomic mass is 16.9. The number of ketones is 1. The fourth-order valence-corrected chi connectivity index (χ4v) is 18.1. The van der Waals surface area contributed by atoms with E-state index in [-0.39, 0.29) is 61.7 Å². The number of hydrogen-bond donors (Lipinski definition) is 4. The molecule has 8 saturated heterocycles. The van der Waals surface area contributed by atoms with E-state index in [1.165, 1.54) is 21.3 Å². The molecule has 0 spiro atoms. The molecule has 0 radical (unpaired) electrons. The molecule has 23 atom stereocenters. The van der Waals surface area contributed by atoms with Gasteiger partial charge in [0.05, 0.1) is 118 Å². The molecule has 794 valence electrons. The van der Waals surface area contributed by atoms with Gasteiger partial charge in [-0.05, 0) is 110 Å². The lowest BCUT2D eigenvalue weighted by Crippen LogP contribution is -2.49. The summed E-state index contributed by atoms with van der Waals surface area (Å²) in [6, 6.07) is 110. The van der Waals surface area contributed by atoms with Crippen LogP contribution < -0.4 is 0 Å². The van der Waals surface area contributed by atoms with Crippen LogP contribution in [-0.4, -0.2) is 239 Å². The molecular formula is C119H144O29. The van der Waals surface area contributed by atoms with Gasteiger partial charge in [-0.2, -0.15) is 0 Å². The molecule has 11 aromatic rings. The van der Waals surface area contributed by atoms with Gasteiger partial charge < -0.3 is 134 Å². The van der Waals surface area contributed by atoms with Crippen LogP contribution in [0.4, 0.5) is 0 Å². The summed E-state index contributed by atoms with van der Waals surface area (Å²) >= 11 is 0. The molecule has 0 saturated carbocycles. The van der Waals surface area contributed by atoms with E-state index in [0.717, 1.165) is 61.2 Å². The molecular weight excluding hydrogens is 1890 g/mol. The Morgan fingerprint density at radius 1 is 0.297 bits per heavy atom. The number of benzene rings is 11. The summed E-state index contributed by atoms with van der Waals surface area (Å²) in [5.74, 6) is -1.58. The first kappa shape index (κ1) is 114. The van der Waals surface area contributed by atoms with E-state index >= 15 is 0 Å². The van der Waals surface area contributed by atoms with Crippen LogP contribution >= 0.6 is 0 Å². The maximum absolute atomic E-state index is 12.4. The normalized spacial score (nSPS) is 28.2. The fraction of sp³-hybridized carbons (Fsp3) is 0.437. The summed E-state index contributed by atoms with van der Waals surface area (Å²) in [6.45, 7) is 19.8. The van der Waals surface area contributed by atoms with Crippen molar-refractivity contribution in [3.8, 4) is 0 Å². The Labute approximate surface area is 868 Å². The second-order valence-electron chi connectivity index (χ2n) is 38.3. The number of methoxy groups -OCH3 is 3. The molecule has 8 aliphatic heterocycles. The van der Waals surface area contributed by atoms with Crippen molar-refractivity contribution >= 4 is 5.78 Å². The summed E-state index contributed by atoms with van der Waals surface area (Å²) in [5, 5.41) is 39.7. The first-order valence-corrected chi connectivity index (χ1v) is 50.4. The van der Waals surface area contributed by atoms with Crippen molar-refractivity contribution in [1.82, 2.24) is 0 Å². The minimum absolute atomic E-state index is 0.127. The number of Topliss-reactive ketones (excluding diaryl/α,β-unsaturated/α-hetero) is 1. The van der Waals surface area contributed by atoms with Crippen LogP contribution in [0.3, 0.4) is 0 Å². The maximum atomic E-state index is 12.4. The molecule has 0 bridgehead atoms. The zero-order chi connectivity index (χ0) is 104. The van der Waals surface area contributed by atoms with Crippen LogP contribution in [0.2, 0.25) is 0 Å². The van der Waals surface area contributed by atoms with Crippen LogP contribution in [0, 0.1) is 0 Å². The van der Waals surface area contributed by atoms with Crippen LogP contribution in [0.15, 0.2) is 334 Å². The van der Waals surface area contributed by atoms with E-state index in [4.69, 9.17) is 119 Å². The van der Waals surface area contributed by atoms with Crippen LogP contribution in [0.1, 0.15) is 110 Å². The average molecular weight is 2040 g/mol. The van der Waals surface area contributed by atoms with Crippen molar-refractivity contribution in [3.63, 3.8) is 0 Å². The second-order valence-corrected chi connectivity index (χ2v) is 38.3. The number of ether oxygens (including phenoxy) is 24. The second kappa shape index (κ2) is 58.0. The lowest BCUT2D eigenvalue weighted by molar-refractivity contribution is -0.225. The van der Waals surface area contributed by atoms with Gasteiger partial charge in [0.15, 0.2) is 36.7 Å². The van der Waals surface area contributed by atoms with E-state index in [0.29, 0.717) is 99.1 Å². The van der Waals surface area contributed by atoms with Crippen molar-refractivity contribution in [1.29, 1.82) is 0 Å². The minimum Gasteiger partial charge on any atom is -0.394 e. The zero-order valence-corrected chi connectivity index (χ0v) is 85.9. The maximum Gasteiger partial charge on any atom is 0.220 e. The third-order valence-corrected chi connectivity index (χ3v) is 26.0. The number of fused-ring (bicyclic) bond motifs is 2. The molecule has 11 aromatic carbocycles. The molecule has 8 heterocycles. The van der Waals surface area contributed by atoms with E-state index in [1.807, 2.05) is 311 Å². The average Bonchev–Trinajstić information content (AvgIpc) is 1.62. The topological polar surface area (TPSA) is 320 Å². The molecule has 0 amide bonds. The van der Waals surface area contributed by atoms with Gasteiger partial charge in [-0.25, -0.2) is 0 Å². The molecule has 8 aliphatic rings. The van der Waals surface area contributed by atoms with Crippen molar-refractivity contribution in [2.75, 3.05) is 61.0 Å². The third kappa shape index (κ3) is 33.7. The van der Waals surface area contributed by atoms with Gasteiger partial charge in [-0.1, -0.05) is 334 Å². The Morgan fingerprint density at radius 3 is 0.973 bits per heavy atom. The number of aliphatic hydroxyl groups is 4. The van der Waals surface area contributed by atoms with E-state index in [9.17, 15) is 20.1 Å². The first-order valence-electron chi connectivity index (χ1n) is 50.4. The van der Waals surface area contributed by atoms with Crippen LogP contribution in [-0.2, 0) is 191 Å².